The number of benzene rings is 1. The van der Waals surface area contributed by atoms with Crippen LogP contribution in [0.15, 0.2) is 29.8 Å². The van der Waals surface area contributed by atoms with E-state index in [1.54, 1.807) is 24.3 Å². The largest absolute Gasteiger partial charge is 0.365 e. The summed E-state index contributed by atoms with van der Waals surface area (Å²) in [5, 5.41) is 13.1. The SMILES string of the molecule is C[C@@H]1CCc2c(sc(NC(=O)/C(C#N)=C/c3ccc(Cl)cc3)c2C(N)=O)C1. The van der Waals surface area contributed by atoms with Crippen LogP contribution < -0.4 is 11.1 Å². The van der Waals surface area contributed by atoms with Crippen LogP contribution in [0.4, 0.5) is 5.00 Å². The fraction of sp³-hybridized carbons (Fsp3) is 0.250. The number of anilines is 1. The first-order valence-electron chi connectivity index (χ1n) is 8.52. The van der Waals surface area contributed by atoms with Crippen molar-refractivity contribution in [2.24, 2.45) is 11.7 Å². The number of nitrogens with zero attached hydrogens (tertiary/aromatic N) is 1. The van der Waals surface area contributed by atoms with Crippen molar-refractivity contribution < 1.29 is 9.59 Å². The first-order valence-corrected chi connectivity index (χ1v) is 9.71. The number of nitriles is 1. The first-order chi connectivity index (χ1) is 12.9. The Balaban J connectivity index is 1.90. The number of fused-ring (bicyclic) bond motifs is 1. The molecule has 0 saturated heterocycles. The van der Waals surface area contributed by atoms with Gasteiger partial charge in [-0.2, -0.15) is 5.26 Å². The van der Waals surface area contributed by atoms with Gasteiger partial charge in [0.1, 0.15) is 16.6 Å². The van der Waals surface area contributed by atoms with Gasteiger partial charge >= 0.3 is 0 Å². The van der Waals surface area contributed by atoms with Crippen LogP contribution in [0.2, 0.25) is 5.02 Å². The Bertz CT molecular complexity index is 970. The van der Waals surface area contributed by atoms with Gasteiger partial charge in [0, 0.05) is 9.90 Å². The molecule has 2 amide bonds. The van der Waals surface area contributed by atoms with E-state index in [4.69, 9.17) is 17.3 Å². The van der Waals surface area contributed by atoms with Crippen LogP contribution in [-0.4, -0.2) is 11.8 Å². The monoisotopic (exact) mass is 399 g/mol. The van der Waals surface area contributed by atoms with Crippen molar-refractivity contribution in [1.82, 2.24) is 0 Å². The predicted octanol–water partition coefficient (Wildman–Crippen LogP) is 4.17. The summed E-state index contributed by atoms with van der Waals surface area (Å²) in [4.78, 5) is 25.6. The zero-order valence-corrected chi connectivity index (χ0v) is 16.3. The number of hydrogen-bond donors (Lipinski definition) is 2. The molecule has 7 heteroatoms. The highest BCUT2D eigenvalue weighted by atomic mass is 35.5. The maximum Gasteiger partial charge on any atom is 0.266 e. The molecule has 1 aromatic heterocycles. The summed E-state index contributed by atoms with van der Waals surface area (Å²) < 4.78 is 0. The van der Waals surface area contributed by atoms with E-state index in [0.717, 1.165) is 29.7 Å². The van der Waals surface area contributed by atoms with E-state index >= 15 is 0 Å². The molecule has 1 aromatic carbocycles. The zero-order valence-electron chi connectivity index (χ0n) is 14.7. The minimum Gasteiger partial charge on any atom is -0.365 e. The molecule has 0 spiro atoms. The molecule has 3 N–H and O–H groups in total. The molecule has 27 heavy (non-hydrogen) atoms. The van der Waals surface area contributed by atoms with E-state index in [1.165, 1.54) is 17.4 Å². The zero-order chi connectivity index (χ0) is 19.6. The van der Waals surface area contributed by atoms with Gasteiger partial charge in [-0.1, -0.05) is 30.7 Å². The molecular formula is C20H18ClN3O2S. The molecule has 0 aliphatic heterocycles. The number of nitrogens with one attached hydrogen (secondary N) is 1. The minimum atomic E-state index is -0.568. The number of halogens is 1. The van der Waals surface area contributed by atoms with E-state index < -0.39 is 11.8 Å². The molecule has 0 bridgehead atoms. The van der Waals surface area contributed by atoms with Gasteiger partial charge in [-0.3, -0.25) is 9.59 Å². The van der Waals surface area contributed by atoms with Crippen molar-refractivity contribution in [1.29, 1.82) is 5.26 Å². The molecule has 138 valence electrons. The molecular weight excluding hydrogens is 382 g/mol. The summed E-state index contributed by atoms with van der Waals surface area (Å²) in [6, 6.07) is 8.70. The molecule has 1 atom stereocenters. The Kier molecular flexibility index (Phi) is 5.64. The van der Waals surface area contributed by atoms with Crippen LogP contribution in [0.3, 0.4) is 0 Å². The molecule has 5 nitrogen and oxygen atoms in total. The molecule has 1 heterocycles. The molecule has 0 saturated carbocycles. The molecule has 1 aliphatic rings. The average Bonchev–Trinajstić information content (AvgIpc) is 2.98. The van der Waals surface area contributed by atoms with Crippen molar-refractivity contribution in [2.45, 2.75) is 26.2 Å². The van der Waals surface area contributed by atoms with Gasteiger partial charge < -0.3 is 11.1 Å². The van der Waals surface area contributed by atoms with Crippen molar-refractivity contribution in [3.8, 4) is 6.07 Å². The van der Waals surface area contributed by atoms with Crippen LogP contribution in [0, 0.1) is 17.2 Å². The minimum absolute atomic E-state index is 0.0625. The lowest BCUT2D eigenvalue weighted by molar-refractivity contribution is -0.112. The van der Waals surface area contributed by atoms with Gasteiger partial charge in [0.15, 0.2) is 0 Å². The Morgan fingerprint density at radius 1 is 1.37 bits per heavy atom. The van der Waals surface area contributed by atoms with Crippen LogP contribution in [-0.2, 0) is 17.6 Å². The fourth-order valence-electron chi connectivity index (χ4n) is 3.14. The number of nitrogens with two attached hydrogens (primary N) is 1. The van der Waals surface area contributed by atoms with Crippen molar-refractivity contribution in [3.63, 3.8) is 0 Å². The highest BCUT2D eigenvalue weighted by molar-refractivity contribution is 7.17. The fourth-order valence-corrected chi connectivity index (χ4v) is 4.68. The molecule has 1 aliphatic carbocycles. The summed E-state index contributed by atoms with van der Waals surface area (Å²) in [7, 11) is 0. The quantitative estimate of drug-likeness (QED) is 0.596. The van der Waals surface area contributed by atoms with Gasteiger partial charge in [-0.05, 0) is 54.5 Å². The number of carbonyl (C=O) groups excluding carboxylic acids is 2. The highest BCUT2D eigenvalue weighted by Crippen LogP contribution is 2.39. The van der Waals surface area contributed by atoms with Crippen LogP contribution in [0.1, 0.15) is 39.7 Å². The van der Waals surface area contributed by atoms with Crippen molar-refractivity contribution >= 4 is 45.8 Å². The number of amides is 2. The lowest BCUT2D eigenvalue weighted by atomic mass is 9.88. The van der Waals surface area contributed by atoms with E-state index in [9.17, 15) is 14.9 Å². The van der Waals surface area contributed by atoms with Crippen molar-refractivity contribution in [2.75, 3.05) is 5.32 Å². The second-order valence-corrected chi connectivity index (χ2v) is 8.14. The van der Waals surface area contributed by atoms with Gasteiger partial charge in [0.2, 0.25) is 0 Å². The van der Waals surface area contributed by atoms with Gasteiger partial charge in [0.05, 0.1) is 5.56 Å². The normalized spacial score (nSPS) is 16.3. The third-order valence-electron chi connectivity index (χ3n) is 4.53. The third kappa shape index (κ3) is 4.21. The molecule has 0 fully saturated rings. The van der Waals surface area contributed by atoms with E-state index in [-0.39, 0.29) is 5.57 Å². The summed E-state index contributed by atoms with van der Waals surface area (Å²) >= 11 is 7.22. The Labute approximate surface area is 166 Å². The third-order valence-corrected chi connectivity index (χ3v) is 5.95. The predicted molar refractivity (Wildman–Crippen MR) is 108 cm³/mol. The second-order valence-electron chi connectivity index (χ2n) is 6.60. The molecule has 0 unspecified atom stereocenters. The number of primary amides is 1. The van der Waals surface area contributed by atoms with Gasteiger partial charge in [-0.25, -0.2) is 0 Å². The molecule has 0 radical (unpaired) electrons. The Morgan fingerprint density at radius 2 is 2.07 bits per heavy atom. The van der Waals surface area contributed by atoms with Crippen LogP contribution in [0.25, 0.3) is 6.08 Å². The van der Waals surface area contributed by atoms with Gasteiger partial charge in [-0.15, -0.1) is 11.3 Å². The lowest BCUT2D eigenvalue weighted by Gasteiger charge is -2.18. The van der Waals surface area contributed by atoms with Gasteiger partial charge in [0.25, 0.3) is 11.8 Å². The Hall–Kier alpha value is -2.62. The van der Waals surface area contributed by atoms with E-state index in [2.05, 4.69) is 12.2 Å². The lowest BCUT2D eigenvalue weighted by Crippen LogP contribution is -2.19. The molecule has 3 rings (SSSR count). The molecule has 2 aromatic rings. The van der Waals surface area contributed by atoms with E-state index in [0.29, 0.717) is 27.1 Å². The maximum atomic E-state index is 12.6. The average molecular weight is 400 g/mol. The summed E-state index contributed by atoms with van der Waals surface area (Å²) in [6.07, 6.45) is 4.09. The maximum absolute atomic E-state index is 12.6. The Morgan fingerprint density at radius 3 is 2.70 bits per heavy atom. The number of hydrogen-bond acceptors (Lipinski definition) is 4. The smallest absolute Gasteiger partial charge is 0.266 e. The number of thiophene rings is 1. The second kappa shape index (κ2) is 7.95. The topological polar surface area (TPSA) is 96.0 Å². The first kappa shape index (κ1) is 19.2. The van der Waals surface area contributed by atoms with E-state index in [1.807, 2.05) is 6.07 Å². The summed E-state index contributed by atoms with van der Waals surface area (Å²) in [5.41, 5.74) is 7.49. The standard InChI is InChI=1S/C20H18ClN3O2S/c1-11-2-7-15-16(8-11)27-20(17(15)18(23)25)24-19(26)13(10-22)9-12-3-5-14(21)6-4-12/h3-6,9,11H,2,7-8H2,1H3,(H2,23,25)(H,24,26)/b13-9+/t11-/m1/s1. The van der Waals surface area contributed by atoms with Crippen LogP contribution in [0.5, 0.6) is 0 Å². The highest BCUT2D eigenvalue weighted by Gasteiger charge is 2.27. The summed E-state index contributed by atoms with van der Waals surface area (Å²) in [6.45, 7) is 2.16. The number of carbonyl (C=O) groups is 2. The van der Waals surface area contributed by atoms with Crippen LogP contribution >= 0.6 is 22.9 Å². The number of rotatable bonds is 4. The summed E-state index contributed by atoms with van der Waals surface area (Å²) in [5.74, 6) is -0.598. The van der Waals surface area contributed by atoms with Crippen molar-refractivity contribution in [3.05, 3.63) is 56.4 Å².